The van der Waals surface area contributed by atoms with Crippen LogP contribution in [-0.4, -0.2) is 88.6 Å². The van der Waals surface area contributed by atoms with Crippen molar-refractivity contribution < 1.29 is 29.4 Å². The summed E-state index contributed by atoms with van der Waals surface area (Å²) in [5, 5.41) is 37.0. The number of aryl methyl sites for hydroxylation is 1. The number of unbranched alkanes of at least 4 members (excludes halogenated alkanes) is 2. The minimum Gasteiger partial charge on any atom is -0.477 e. The van der Waals surface area contributed by atoms with E-state index in [4.69, 9.17) is 5.73 Å². The third-order valence-corrected chi connectivity index (χ3v) is 8.51. The molecular formula is C23H28N8O6S2. The predicted octanol–water partition coefficient (Wildman–Crippen LogP) is 0.0760. The van der Waals surface area contributed by atoms with Crippen molar-refractivity contribution in [3.63, 3.8) is 0 Å². The van der Waals surface area contributed by atoms with Gasteiger partial charge >= 0.3 is 12.0 Å². The van der Waals surface area contributed by atoms with Crippen molar-refractivity contribution in [2.45, 2.75) is 48.5 Å². The number of carboxylic acid groups (broad SMARTS) is 1. The van der Waals surface area contributed by atoms with E-state index in [1.165, 1.54) is 28.4 Å². The summed E-state index contributed by atoms with van der Waals surface area (Å²) >= 11 is 2.62. The Hall–Kier alpha value is -3.63. The van der Waals surface area contributed by atoms with Crippen LogP contribution < -0.4 is 16.4 Å². The fraction of sp³-hybridized carbons (Fsp3) is 0.435. The normalized spacial score (nSPS) is 19.2. The average molecular weight is 577 g/mol. The molecule has 3 heterocycles. The third kappa shape index (κ3) is 6.69. The number of urea groups is 1. The highest BCUT2D eigenvalue weighted by molar-refractivity contribution is 8.01. The number of tetrazole rings is 1. The van der Waals surface area contributed by atoms with Gasteiger partial charge in [-0.25, -0.2) is 14.3 Å². The molecule has 1 fully saturated rings. The number of benzene rings is 1. The summed E-state index contributed by atoms with van der Waals surface area (Å²) in [4.78, 5) is 49.5. The zero-order chi connectivity index (χ0) is 27.9. The molecule has 2 aromatic rings. The fourth-order valence-electron chi connectivity index (χ4n) is 4.18. The summed E-state index contributed by atoms with van der Waals surface area (Å²) in [5.74, 6) is -1.90. The van der Waals surface area contributed by atoms with E-state index in [9.17, 15) is 29.4 Å². The number of aliphatic carboxylic acids is 1. The van der Waals surface area contributed by atoms with Crippen molar-refractivity contribution in [1.29, 1.82) is 0 Å². The van der Waals surface area contributed by atoms with Gasteiger partial charge in [-0.2, -0.15) is 0 Å². The van der Waals surface area contributed by atoms with Crippen LogP contribution in [0.15, 0.2) is 46.8 Å². The van der Waals surface area contributed by atoms with Crippen LogP contribution in [0.25, 0.3) is 0 Å². The van der Waals surface area contributed by atoms with Gasteiger partial charge in [-0.1, -0.05) is 42.1 Å². The van der Waals surface area contributed by atoms with Gasteiger partial charge in [0.2, 0.25) is 5.16 Å². The number of β-lactam (4-membered cyclic amide) rings is 1. The number of thioether (sulfide) groups is 2. The number of carboxylic acids is 1. The molecule has 3 atom stereocenters. The largest absolute Gasteiger partial charge is 0.477 e. The maximum atomic E-state index is 12.9. The standard InChI is InChI=1S/C23H28N8O6S2/c24-22(37)25-9-5-2-6-10-30-23(27-28-29-30)39-12-14-11-38-20-15(19(34)31(20)16(14)21(35)36)26-18(33)17(32)13-7-3-1-4-8-13/h1,3-4,7-8,15,17,20,32H,2,5-6,9-12H2,(H,26,33)(H,35,36)(H3,24,25,37)/t15?,17-,20-/m1/s1. The van der Waals surface area contributed by atoms with Crippen LogP contribution in [0.1, 0.15) is 30.9 Å². The summed E-state index contributed by atoms with van der Waals surface area (Å²) in [6, 6.07) is 6.84. The molecule has 1 aromatic heterocycles. The Kier molecular flexibility index (Phi) is 9.42. The number of fused-ring (bicyclic) bond motifs is 1. The van der Waals surface area contributed by atoms with E-state index in [0.29, 0.717) is 35.1 Å². The van der Waals surface area contributed by atoms with Gasteiger partial charge < -0.3 is 26.6 Å². The maximum Gasteiger partial charge on any atom is 0.352 e. The lowest BCUT2D eigenvalue weighted by atomic mass is 10.0. The molecule has 0 radical (unpaired) electrons. The second kappa shape index (κ2) is 12.9. The van der Waals surface area contributed by atoms with E-state index < -0.39 is 41.3 Å². The minimum absolute atomic E-state index is 0.105. The van der Waals surface area contributed by atoms with E-state index in [2.05, 4.69) is 26.2 Å². The molecule has 0 bridgehead atoms. The van der Waals surface area contributed by atoms with E-state index in [1.807, 2.05) is 0 Å². The molecule has 4 rings (SSSR count). The highest BCUT2D eigenvalue weighted by atomic mass is 32.2. The monoisotopic (exact) mass is 576 g/mol. The molecular weight excluding hydrogens is 548 g/mol. The predicted molar refractivity (Wildman–Crippen MR) is 141 cm³/mol. The van der Waals surface area contributed by atoms with E-state index in [1.54, 1.807) is 35.0 Å². The van der Waals surface area contributed by atoms with Crippen molar-refractivity contribution in [3.05, 3.63) is 47.2 Å². The Morgan fingerprint density at radius 1 is 1.21 bits per heavy atom. The maximum absolute atomic E-state index is 12.9. The number of aromatic nitrogens is 4. The summed E-state index contributed by atoms with van der Waals surface area (Å²) in [6.07, 6.45) is 0.917. The first-order chi connectivity index (χ1) is 18.8. The van der Waals surface area contributed by atoms with Crippen LogP contribution in [0.4, 0.5) is 4.79 Å². The third-order valence-electron chi connectivity index (χ3n) is 6.13. The van der Waals surface area contributed by atoms with Gasteiger partial charge in [-0.05, 0) is 40.8 Å². The molecule has 4 amide bonds. The molecule has 16 heteroatoms. The molecule has 2 aliphatic heterocycles. The van der Waals surface area contributed by atoms with Gasteiger partial charge in [-0.3, -0.25) is 14.5 Å². The Balaban J connectivity index is 1.34. The fourth-order valence-corrected chi connectivity index (χ4v) is 6.57. The molecule has 2 aliphatic rings. The van der Waals surface area contributed by atoms with Gasteiger partial charge in [-0.15, -0.1) is 16.9 Å². The smallest absolute Gasteiger partial charge is 0.352 e. The summed E-state index contributed by atoms with van der Waals surface area (Å²) in [6.45, 7) is 1.04. The number of carbonyl (C=O) groups is 4. The summed E-state index contributed by atoms with van der Waals surface area (Å²) in [7, 11) is 0. The number of carbonyl (C=O) groups excluding carboxylic acids is 3. The van der Waals surface area contributed by atoms with E-state index in [0.717, 1.165) is 19.3 Å². The number of nitrogens with zero attached hydrogens (tertiary/aromatic N) is 5. The number of aliphatic hydroxyl groups excluding tert-OH is 1. The Morgan fingerprint density at radius 2 is 1.97 bits per heavy atom. The van der Waals surface area contributed by atoms with Gasteiger partial charge in [0.15, 0.2) is 6.10 Å². The number of primary amides is 1. The molecule has 208 valence electrons. The Bertz CT molecular complexity index is 1260. The lowest BCUT2D eigenvalue weighted by molar-refractivity contribution is -0.151. The van der Waals surface area contributed by atoms with Gasteiger partial charge in [0.25, 0.3) is 11.8 Å². The van der Waals surface area contributed by atoms with Crippen LogP contribution in [-0.2, 0) is 20.9 Å². The molecule has 1 unspecified atom stereocenters. The van der Waals surface area contributed by atoms with Crippen LogP contribution in [0.2, 0.25) is 0 Å². The zero-order valence-electron chi connectivity index (χ0n) is 20.7. The minimum atomic E-state index is -1.44. The number of rotatable bonds is 13. The van der Waals surface area contributed by atoms with Crippen molar-refractivity contribution in [3.8, 4) is 0 Å². The highest BCUT2D eigenvalue weighted by Crippen LogP contribution is 2.41. The number of hydrogen-bond donors (Lipinski definition) is 5. The first-order valence-corrected chi connectivity index (χ1v) is 14.2. The lowest BCUT2D eigenvalue weighted by Gasteiger charge is -2.49. The molecule has 0 saturated carbocycles. The lowest BCUT2D eigenvalue weighted by Crippen LogP contribution is -2.70. The van der Waals surface area contributed by atoms with Gasteiger partial charge in [0, 0.05) is 24.6 Å². The first kappa shape index (κ1) is 28.4. The van der Waals surface area contributed by atoms with Crippen LogP contribution in [0, 0.1) is 0 Å². The highest BCUT2D eigenvalue weighted by Gasteiger charge is 2.54. The Labute approximate surface area is 231 Å². The van der Waals surface area contributed by atoms with Crippen LogP contribution in [0.5, 0.6) is 0 Å². The number of nitrogens with two attached hydrogens (primary N) is 1. The molecule has 0 aliphatic carbocycles. The second-order valence-electron chi connectivity index (χ2n) is 8.79. The molecule has 1 aromatic carbocycles. The second-order valence-corrected chi connectivity index (χ2v) is 10.8. The van der Waals surface area contributed by atoms with Crippen molar-refractivity contribution in [1.82, 2.24) is 35.7 Å². The van der Waals surface area contributed by atoms with E-state index >= 15 is 0 Å². The number of aliphatic hydroxyl groups is 1. The SMILES string of the molecule is NC(=O)NCCCCCn1nnnc1SCC1=C(C(=O)O)N2C(=O)C(NC(=O)[C@H](O)c3ccccc3)[C@H]2SC1. The molecule has 6 N–H and O–H groups in total. The van der Waals surface area contributed by atoms with Crippen molar-refractivity contribution in [2.75, 3.05) is 18.1 Å². The Morgan fingerprint density at radius 3 is 2.69 bits per heavy atom. The van der Waals surface area contributed by atoms with Crippen molar-refractivity contribution >= 4 is 47.3 Å². The first-order valence-electron chi connectivity index (χ1n) is 12.1. The molecule has 1 saturated heterocycles. The molecule has 39 heavy (non-hydrogen) atoms. The quantitative estimate of drug-likeness (QED) is 0.123. The number of amides is 4. The summed E-state index contributed by atoms with van der Waals surface area (Å²) in [5.41, 5.74) is 5.87. The number of nitrogens with one attached hydrogen (secondary N) is 2. The van der Waals surface area contributed by atoms with Gasteiger partial charge in [0.1, 0.15) is 17.1 Å². The van der Waals surface area contributed by atoms with E-state index in [-0.39, 0.29) is 11.4 Å². The van der Waals surface area contributed by atoms with Gasteiger partial charge in [0.05, 0.1) is 0 Å². The average Bonchev–Trinajstić information content (AvgIpc) is 3.38. The van der Waals surface area contributed by atoms with Crippen LogP contribution >= 0.6 is 23.5 Å². The van der Waals surface area contributed by atoms with Crippen LogP contribution in [0.3, 0.4) is 0 Å². The summed E-state index contributed by atoms with van der Waals surface area (Å²) < 4.78 is 1.63. The molecule has 0 spiro atoms. The molecule has 14 nitrogen and oxygen atoms in total. The zero-order valence-corrected chi connectivity index (χ0v) is 22.4. The topological polar surface area (TPSA) is 206 Å². The van der Waals surface area contributed by atoms with Crippen molar-refractivity contribution in [2.24, 2.45) is 5.73 Å². The number of hydrogen-bond acceptors (Lipinski definition) is 10.